The van der Waals surface area contributed by atoms with Crippen molar-refractivity contribution in [3.05, 3.63) is 77.1 Å². The number of carbonyl (C=O) groups is 4. The molecule has 1 aliphatic heterocycles. The highest BCUT2D eigenvalue weighted by atomic mass is 32.2. The molecule has 1 saturated heterocycles. The highest BCUT2D eigenvalue weighted by Gasteiger charge is 2.30. The van der Waals surface area contributed by atoms with Crippen LogP contribution >= 0.6 is 11.8 Å². The number of hydrogen-bond acceptors (Lipinski definition) is 6. The van der Waals surface area contributed by atoms with Crippen LogP contribution in [0.4, 0.5) is 10.5 Å². The number of nitrogens with one attached hydrogen (secondary N) is 1. The molecule has 0 bridgehead atoms. The SMILES string of the molecule is Cc1nn(-c2ccccc2)c(C)c1C(=O)C(=O)Nc1ccc(CN2C(=O)CSC2=O)cc1. The number of anilines is 1. The molecule has 2 heterocycles. The van der Waals surface area contributed by atoms with Crippen LogP contribution in [0.2, 0.25) is 0 Å². The third-order valence-electron chi connectivity index (χ3n) is 5.12. The predicted molar refractivity (Wildman–Crippen MR) is 121 cm³/mol. The second-order valence-electron chi connectivity index (χ2n) is 7.31. The number of nitrogens with zero attached hydrogens (tertiary/aromatic N) is 3. The van der Waals surface area contributed by atoms with Crippen LogP contribution in [0.3, 0.4) is 0 Å². The van der Waals surface area contributed by atoms with Crippen LogP contribution in [-0.4, -0.2) is 43.3 Å². The Bertz CT molecular complexity index is 1200. The molecule has 0 radical (unpaired) electrons. The lowest BCUT2D eigenvalue weighted by Gasteiger charge is -2.13. The average molecular weight is 449 g/mol. The van der Waals surface area contributed by atoms with E-state index >= 15 is 0 Å². The summed E-state index contributed by atoms with van der Waals surface area (Å²) in [5, 5.41) is 6.76. The second kappa shape index (κ2) is 8.80. The fraction of sp³-hybridized carbons (Fsp3) is 0.174. The van der Waals surface area contributed by atoms with Gasteiger partial charge in [0.25, 0.3) is 16.9 Å². The Balaban J connectivity index is 1.46. The van der Waals surface area contributed by atoms with Crippen molar-refractivity contribution >= 4 is 40.3 Å². The summed E-state index contributed by atoms with van der Waals surface area (Å²) in [4.78, 5) is 50.1. The van der Waals surface area contributed by atoms with Crippen molar-refractivity contribution < 1.29 is 19.2 Å². The zero-order valence-electron chi connectivity index (χ0n) is 17.5. The third kappa shape index (κ3) is 4.19. The number of amides is 3. The maximum absolute atomic E-state index is 12.9. The highest BCUT2D eigenvalue weighted by molar-refractivity contribution is 8.14. The molecule has 0 aliphatic carbocycles. The zero-order valence-corrected chi connectivity index (χ0v) is 18.3. The summed E-state index contributed by atoms with van der Waals surface area (Å²) in [6, 6.07) is 16.0. The van der Waals surface area contributed by atoms with Crippen molar-refractivity contribution in [2.24, 2.45) is 0 Å². The molecule has 3 aromatic rings. The van der Waals surface area contributed by atoms with E-state index in [9.17, 15) is 19.2 Å². The number of para-hydroxylation sites is 1. The van der Waals surface area contributed by atoms with E-state index in [1.807, 2.05) is 30.3 Å². The Morgan fingerprint density at radius 1 is 1.03 bits per heavy atom. The van der Waals surface area contributed by atoms with E-state index in [1.165, 1.54) is 4.90 Å². The molecule has 8 nitrogen and oxygen atoms in total. The van der Waals surface area contributed by atoms with Gasteiger partial charge in [-0.05, 0) is 43.7 Å². The summed E-state index contributed by atoms with van der Waals surface area (Å²) in [5.41, 5.74) is 3.31. The summed E-state index contributed by atoms with van der Waals surface area (Å²) >= 11 is 0.984. The Hall–Kier alpha value is -3.72. The van der Waals surface area contributed by atoms with Gasteiger partial charge in [-0.2, -0.15) is 5.10 Å². The van der Waals surface area contributed by atoms with E-state index in [2.05, 4.69) is 10.4 Å². The summed E-state index contributed by atoms with van der Waals surface area (Å²) < 4.78 is 1.64. The Kier molecular flexibility index (Phi) is 5.91. The monoisotopic (exact) mass is 448 g/mol. The fourth-order valence-corrected chi connectivity index (χ4v) is 4.23. The number of benzene rings is 2. The average Bonchev–Trinajstić information content (AvgIpc) is 3.27. The van der Waals surface area contributed by atoms with E-state index < -0.39 is 11.7 Å². The van der Waals surface area contributed by atoms with Gasteiger partial charge in [0.2, 0.25) is 5.91 Å². The largest absolute Gasteiger partial charge is 0.319 e. The molecule has 9 heteroatoms. The van der Waals surface area contributed by atoms with Gasteiger partial charge in [-0.15, -0.1) is 0 Å². The minimum atomic E-state index is -0.766. The minimum Gasteiger partial charge on any atom is -0.319 e. The predicted octanol–water partition coefficient (Wildman–Crippen LogP) is 3.51. The number of carbonyl (C=O) groups excluding carboxylic acids is 4. The van der Waals surface area contributed by atoms with Gasteiger partial charge in [-0.3, -0.25) is 24.1 Å². The van der Waals surface area contributed by atoms with E-state index in [0.717, 1.165) is 23.0 Å². The molecule has 1 aromatic heterocycles. The van der Waals surface area contributed by atoms with Crippen molar-refractivity contribution in [3.8, 4) is 5.69 Å². The van der Waals surface area contributed by atoms with Crippen LogP contribution in [-0.2, 0) is 16.1 Å². The molecule has 32 heavy (non-hydrogen) atoms. The number of imide groups is 1. The molecular weight excluding hydrogens is 428 g/mol. The van der Waals surface area contributed by atoms with Gasteiger partial charge in [0.05, 0.1) is 34.9 Å². The van der Waals surface area contributed by atoms with Crippen LogP contribution in [0.5, 0.6) is 0 Å². The highest BCUT2D eigenvalue weighted by Crippen LogP contribution is 2.22. The van der Waals surface area contributed by atoms with Crippen molar-refractivity contribution in [2.45, 2.75) is 20.4 Å². The summed E-state index contributed by atoms with van der Waals surface area (Å²) in [6.45, 7) is 3.62. The molecule has 0 saturated carbocycles. The van der Waals surface area contributed by atoms with Crippen molar-refractivity contribution in [1.82, 2.24) is 14.7 Å². The Labute approximate surface area is 188 Å². The van der Waals surface area contributed by atoms with E-state index in [1.54, 1.807) is 42.8 Å². The Morgan fingerprint density at radius 2 is 1.72 bits per heavy atom. The summed E-state index contributed by atoms with van der Waals surface area (Å²) in [6.07, 6.45) is 0. The quantitative estimate of drug-likeness (QED) is 0.457. The lowest BCUT2D eigenvalue weighted by atomic mass is 10.1. The second-order valence-corrected chi connectivity index (χ2v) is 8.23. The molecule has 0 unspecified atom stereocenters. The van der Waals surface area contributed by atoms with Crippen molar-refractivity contribution in [3.63, 3.8) is 0 Å². The number of thioether (sulfide) groups is 1. The summed E-state index contributed by atoms with van der Waals surface area (Å²) in [5.74, 6) is -1.49. The number of ketones is 1. The number of Topliss-reactive ketones (excluding diaryl/α,β-unsaturated/α-hetero) is 1. The molecule has 1 aliphatic rings. The molecule has 162 valence electrons. The first-order valence-corrected chi connectivity index (χ1v) is 10.9. The molecule has 0 atom stereocenters. The normalized spacial score (nSPS) is 13.5. The third-order valence-corrected chi connectivity index (χ3v) is 5.98. The first kappa shape index (κ1) is 21.5. The van der Waals surface area contributed by atoms with Gasteiger partial charge in [0.15, 0.2) is 0 Å². The maximum atomic E-state index is 12.9. The number of aryl methyl sites for hydroxylation is 1. The molecule has 1 N–H and O–H groups in total. The van der Waals surface area contributed by atoms with Gasteiger partial charge in [-0.1, -0.05) is 42.1 Å². The molecule has 3 amide bonds. The van der Waals surface area contributed by atoms with E-state index in [-0.39, 0.29) is 29.0 Å². The van der Waals surface area contributed by atoms with E-state index in [0.29, 0.717) is 17.1 Å². The number of aromatic nitrogens is 2. The Morgan fingerprint density at radius 3 is 2.34 bits per heavy atom. The van der Waals surface area contributed by atoms with Crippen molar-refractivity contribution in [1.29, 1.82) is 0 Å². The van der Waals surface area contributed by atoms with Gasteiger partial charge in [0, 0.05) is 5.69 Å². The fourth-order valence-electron chi connectivity index (χ4n) is 3.50. The first-order chi connectivity index (χ1) is 15.3. The van der Waals surface area contributed by atoms with Gasteiger partial charge < -0.3 is 5.32 Å². The molecule has 4 rings (SSSR count). The molecule has 0 spiro atoms. The first-order valence-electron chi connectivity index (χ1n) is 9.88. The zero-order chi connectivity index (χ0) is 22.8. The van der Waals surface area contributed by atoms with Crippen LogP contribution < -0.4 is 5.32 Å². The van der Waals surface area contributed by atoms with Crippen LogP contribution in [0.25, 0.3) is 5.69 Å². The van der Waals surface area contributed by atoms with Crippen molar-refractivity contribution in [2.75, 3.05) is 11.1 Å². The van der Waals surface area contributed by atoms with Gasteiger partial charge in [0.1, 0.15) is 0 Å². The lowest BCUT2D eigenvalue weighted by molar-refractivity contribution is -0.125. The minimum absolute atomic E-state index is 0.161. The molecule has 2 aromatic carbocycles. The lowest BCUT2D eigenvalue weighted by Crippen LogP contribution is -2.27. The molecule has 1 fully saturated rings. The number of rotatable bonds is 6. The number of hydrogen-bond donors (Lipinski definition) is 1. The smallest absolute Gasteiger partial charge is 0.296 e. The van der Waals surface area contributed by atoms with E-state index in [4.69, 9.17) is 0 Å². The van der Waals surface area contributed by atoms with Gasteiger partial charge in [-0.25, -0.2) is 4.68 Å². The van der Waals surface area contributed by atoms with Crippen LogP contribution in [0.15, 0.2) is 54.6 Å². The topological polar surface area (TPSA) is 101 Å². The standard InChI is InChI=1S/C23H20N4O4S/c1-14-20(15(2)27(25-14)18-6-4-3-5-7-18)21(29)22(30)24-17-10-8-16(9-11-17)12-26-19(28)13-32-23(26)31/h3-11H,12-13H2,1-2H3,(H,24,30). The molecular formula is C23H20N4O4S. The van der Waals surface area contributed by atoms with Crippen LogP contribution in [0, 0.1) is 13.8 Å². The summed E-state index contributed by atoms with van der Waals surface area (Å²) in [7, 11) is 0. The van der Waals surface area contributed by atoms with Crippen LogP contribution in [0.1, 0.15) is 27.3 Å². The maximum Gasteiger partial charge on any atom is 0.296 e. The van der Waals surface area contributed by atoms with Gasteiger partial charge >= 0.3 is 0 Å².